The predicted octanol–water partition coefficient (Wildman–Crippen LogP) is 2.72. The summed E-state index contributed by atoms with van der Waals surface area (Å²) in [5.74, 6) is 0.0769. The van der Waals surface area contributed by atoms with Gasteiger partial charge in [-0.1, -0.05) is 26.0 Å². The zero-order valence-electron chi connectivity index (χ0n) is 9.51. The molecular weight excluding hydrogens is 193 g/mol. The van der Waals surface area contributed by atoms with Gasteiger partial charge >= 0.3 is 0 Å². The number of benzene rings is 1. The largest absolute Gasteiger partial charge is 0.490 e. The van der Waals surface area contributed by atoms with Crippen LogP contribution in [0.25, 0.3) is 0 Å². The van der Waals surface area contributed by atoms with Crippen LogP contribution >= 0.6 is 0 Å². The SMILES string of the molecule is CCOc1c(F)cccc1CNC(C)C. The molecule has 0 bridgehead atoms. The van der Waals surface area contributed by atoms with Crippen molar-refractivity contribution in [1.29, 1.82) is 0 Å². The number of hydrogen-bond acceptors (Lipinski definition) is 2. The van der Waals surface area contributed by atoms with Crippen molar-refractivity contribution in [3.63, 3.8) is 0 Å². The Hall–Kier alpha value is -1.09. The molecular formula is C12H18FNO. The number of nitrogens with one attached hydrogen (secondary N) is 1. The molecule has 0 saturated heterocycles. The minimum atomic E-state index is -0.292. The van der Waals surface area contributed by atoms with Crippen molar-refractivity contribution in [3.8, 4) is 5.75 Å². The first-order valence-corrected chi connectivity index (χ1v) is 5.28. The molecule has 1 aromatic rings. The van der Waals surface area contributed by atoms with Crippen LogP contribution in [0.15, 0.2) is 18.2 Å². The Morgan fingerprint density at radius 2 is 2.13 bits per heavy atom. The van der Waals surface area contributed by atoms with Crippen molar-refractivity contribution >= 4 is 0 Å². The Labute approximate surface area is 90.4 Å². The van der Waals surface area contributed by atoms with Crippen molar-refractivity contribution in [3.05, 3.63) is 29.6 Å². The van der Waals surface area contributed by atoms with E-state index in [1.165, 1.54) is 6.07 Å². The molecule has 0 unspecified atom stereocenters. The molecule has 0 saturated carbocycles. The Bertz CT molecular complexity index is 312. The zero-order valence-corrected chi connectivity index (χ0v) is 9.51. The number of rotatable bonds is 5. The standard InChI is InChI=1S/C12H18FNO/c1-4-15-12-10(8-14-9(2)3)6-5-7-11(12)13/h5-7,9,14H,4,8H2,1-3H3. The lowest BCUT2D eigenvalue weighted by Gasteiger charge is -2.13. The smallest absolute Gasteiger partial charge is 0.165 e. The number of para-hydroxylation sites is 1. The van der Waals surface area contributed by atoms with E-state index in [-0.39, 0.29) is 5.82 Å². The van der Waals surface area contributed by atoms with Crippen LogP contribution in [-0.2, 0) is 6.54 Å². The maximum absolute atomic E-state index is 13.4. The highest BCUT2D eigenvalue weighted by Gasteiger charge is 2.08. The molecule has 0 spiro atoms. The summed E-state index contributed by atoms with van der Waals surface area (Å²) in [6.07, 6.45) is 0. The molecule has 1 aromatic carbocycles. The maximum Gasteiger partial charge on any atom is 0.165 e. The molecule has 2 nitrogen and oxygen atoms in total. The highest BCUT2D eigenvalue weighted by atomic mass is 19.1. The summed E-state index contributed by atoms with van der Waals surface area (Å²) in [6, 6.07) is 5.38. The lowest BCUT2D eigenvalue weighted by atomic mass is 10.2. The maximum atomic E-state index is 13.4. The lowest BCUT2D eigenvalue weighted by molar-refractivity contribution is 0.316. The van der Waals surface area contributed by atoms with E-state index in [0.717, 1.165) is 5.56 Å². The summed E-state index contributed by atoms with van der Waals surface area (Å²) in [4.78, 5) is 0. The van der Waals surface area contributed by atoms with Crippen molar-refractivity contribution in [2.45, 2.75) is 33.4 Å². The van der Waals surface area contributed by atoms with Gasteiger partial charge in [-0.2, -0.15) is 0 Å². The highest BCUT2D eigenvalue weighted by Crippen LogP contribution is 2.22. The lowest BCUT2D eigenvalue weighted by Crippen LogP contribution is -2.22. The van der Waals surface area contributed by atoms with Crippen LogP contribution in [0, 0.1) is 5.82 Å². The minimum Gasteiger partial charge on any atom is -0.490 e. The Kier molecular flexibility index (Phi) is 4.56. The highest BCUT2D eigenvalue weighted by molar-refractivity contribution is 5.34. The van der Waals surface area contributed by atoms with Crippen molar-refractivity contribution < 1.29 is 9.13 Å². The third-order valence-electron chi connectivity index (χ3n) is 2.04. The zero-order chi connectivity index (χ0) is 11.3. The molecule has 1 rings (SSSR count). The summed E-state index contributed by atoms with van der Waals surface area (Å²) in [5.41, 5.74) is 0.866. The molecule has 0 atom stereocenters. The van der Waals surface area contributed by atoms with Crippen LogP contribution in [-0.4, -0.2) is 12.6 Å². The third kappa shape index (κ3) is 3.51. The van der Waals surface area contributed by atoms with Gasteiger partial charge in [-0.05, 0) is 13.0 Å². The molecule has 0 fully saturated rings. The van der Waals surface area contributed by atoms with Gasteiger partial charge in [0.1, 0.15) is 0 Å². The monoisotopic (exact) mass is 211 g/mol. The molecule has 0 aliphatic rings. The minimum absolute atomic E-state index is 0.292. The predicted molar refractivity (Wildman–Crippen MR) is 59.5 cm³/mol. The fraction of sp³-hybridized carbons (Fsp3) is 0.500. The Morgan fingerprint density at radius 1 is 1.40 bits per heavy atom. The van der Waals surface area contributed by atoms with Gasteiger partial charge in [-0.3, -0.25) is 0 Å². The first-order valence-electron chi connectivity index (χ1n) is 5.28. The van der Waals surface area contributed by atoms with Crippen LogP contribution in [0.5, 0.6) is 5.75 Å². The molecule has 0 aromatic heterocycles. The summed E-state index contributed by atoms with van der Waals surface area (Å²) in [5, 5.41) is 3.24. The average molecular weight is 211 g/mol. The Morgan fingerprint density at radius 3 is 2.73 bits per heavy atom. The topological polar surface area (TPSA) is 21.3 Å². The van der Waals surface area contributed by atoms with E-state index in [2.05, 4.69) is 19.2 Å². The molecule has 1 N–H and O–H groups in total. The number of halogens is 1. The van der Waals surface area contributed by atoms with E-state index in [1.807, 2.05) is 13.0 Å². The van der Waals surface area contributed by atoms with Gasteiger partial charge in [0.05, 0.1) is 6.61 Å². The molecule has 0 heterocycles. The second-order valence-corrected chi connectivity index (χ2v) is 3.70. The average Bonchev–Trinajstić information content (AvgIpc) is 2.19. The van der Waals surface area contributed by atoms with Gasteiger partial charge in [-0.25, -0.2) is 4.39 Å². The van der Waals surface area contributed by atoms with E-state index in [4.69, 9.17) is 4.74 Å². The summed E-state index contributed by atoms with van der Waals surface area (Å²) >= 11 is 0. The van der Waals surface area contributed by atoms with E-state index in [9.17, 15) is 4.39 Å². The van der Waals surface area contributed by atoms with Crippen molar-refractivity contribution in [2.24, 2.45) is 0 Å². The van der Waals surface area contributed by atoms with Gasteiger partial charge in [0.15, 0.2) is 11.6 Å². The van der Waals surface area contributed by atoms with E-state index < -0.39 is 0 Å². The van der Waals surface area contributed by atoms with Crippen LogP contribution in [0.2, 0.25) is 0 Å². The molecule has 0 aliphatic carbocycles. The summed E-state index contributed by atoms with van der Waals surface area (Å²) < 4.78 is 18.7. The second-order valence-electron chi connectivity index (χ2n) is 3.70. The van der Waals surface area contributed by atoms with E-state index in [1.54, 1.807) is 6.07 Å². The van der Waals surface area contributed by atoms with E-state index >= 15 is 0 Å². The van der Waals surface area contributed by atoms with Gasteiger partial charge in [0.25, 0.3) is 0 Å². The number of hydrogen-bond donors (Lipinski definition) is 1. The quantitative estimate of drug-likeness (QED) is 0.808. The van der Waals surface area contributed by atoms with Gasteiger partial charge in [0, 0.05) is 18.2 Å². The van der Waals surface area contributed by atoms with Crippen LogP contribution in [0.3, 0.4) is 0 Å². The molecule has 15 heavy (non-hydrogen) atoms. The second kappa shape index (κ2) is 5.71. The third-order valence-corrected chi connectivity index (χ3v) is 2.04. The Balaban J connectivity index is 2.80. The molecule has 3 heteroatoms. The first kappa shape index (κ1) is 12.0. The van der Waals surface area contributed by atoms with Crippen LogP contribution in [0.1, 0.15) is 26.3 Å². The van der Waals surface area contributed by atoms with Crippen LogP contribution < -0.4 is 10.1 Å². The van der Waals surface area contributed by atoms with E-state index in [0.29, 0.717) is 24.9 Å². The molecule has 84 valence electrons. The fourth-order valence-electron chi connectivity index (χ4n) is 1.31. The van der Waals surface area contributed by atoms with Crippen molar-refractivity contribution in [2.75, 3.05) is 6.61 Å². The van der Waals surface area contributed by atoms with Gasteiger partial charge < -0.3 is 10.1 Å². The van der Waals surface area contributed by atoms with Crippen LogP contribution in [0.4, 0.5) is 4.39 Å². The number of ether oxygens (including phenoxy) is 1. The summed E-state index contributed by atoms with van der Waals surface area (Å²) in [6.45, 7) is 7.08. The van der Waals surface area contributed by atoms with Gasteiger partial charge in [0.2, 0.25) is 0 Å². The normalized spacial score (nSPS) is 10.7. The summed E-state index contributed by atoms with van der Waals surface area (Å²) in [7, 11) is 0. The first-order chi connectivity index (χ1) is 7.15. The fourth-order valence-corrected chi connectivity index (χ4v) is 1.31. The van der Waals surface area contributed by atoms with Gasteiger partial charge in [-0.15, -0.1) is 0 Å². The molecule has 0 aliphatic heterocycles. The molecule has 0 radical (unpaired) electrons. The molecule has 0 amide bonds. The van der Waals surface area contributed by atoms with Crippen molar-refractivity contribution in [1.82, 2.24) is 5.32 Å².